The van der Waals surface area contributed by atoms with E-state index in [-0.39, 0.29) is 17.9 Å². The largest absolute Gasteiger partial charge is 0.448 e. The Balaban J connectivity index is 1.54. The predicted molar refractivity (Wildman–Crippen MR) is 104 cm³/mol. The van der Waals surface area contributed by atoms with Crippen LogP contribution in [0.5, 0.6) is 0 Å². The smallest absolute Gasteiger partial charge is 0.273 e. The first-order valence-electron chi connectivity index (χ1n) is 9.38. The molecule has 5 nitrogen and oxygen atoms in total. The van der Waals surface area contributed by atoms with Gasteiger partial charge in [0.25, 0.3) is 5.91 Å². The Hall–Kier alpha value is -2.92. The molecule has 1 aliphatic heterocycles. The van der Waals surface area contributed by atoms with Crippen molar-refractivity contribution in [3.05, 3.63) is 89.6 Å². The van der Waals surface area contributed by atoms with Crippen LogP contribution in [-0.4, -0.2) is 24.0 Å². The maximum Gasteiger partial charge on any atom is 0.273 e. The van der Waals surface area contributed by atoms with Crippen LogP contribution >= 0.6 is 0 Å². The van der Waals surface area contributed by atoms with Crippen LogP contribution < -0.4 is 10.6 Å². The summed E-state index contributed by atoms with van der Waals surface area (Å²) in [5.74, 6) is 0.647. The molecule has 1 aromatic heterocycles. The SMILES string of the molecule is O=C(NC(c1ccccc1)c1ccccc1)c1coc(C2CCCNC2)n1. The molecule has 1 atom stereocenters. The fourth-order valence-electron chi connectivity index (χ4n) is 3.50. The highest BCUT2D eigenvalue weighted by molar-refractivity contribution is 5.92. The normalized spacial score (nSPS) is 17.0. The van der Waals surface area contributed by atoms with E-state index in [4.69, 9.17) is 4.42 Å². The summed E-state index contributed by atoms with van der Waals surface area (Å²) in [6.45, 7) is 1.87. The van der Waals surface area contributed by atoms with E-state index in [0.717, 1.165) is 37.1 Å². The van der Waals surface area contributed by atoms with E-state index < -0.39 is 0 Å². The van der Waals surface area contributed by atoms with Crippen molar-refractivity contribution in [3.63, 3.8) is 0 Å². The molecule has 1 saturated heterocycles. The second-order valence-electron chi connectivity index (χ2n) is 6.84. The van der Waals surface area contributed by atoms with E-state index in [1.807, 2.05) is 60.7 Å². The molecule has 1 fully saturated rings. The number of nitrogens with one attached hydrogen (secondary N) is 2. The van der Waals surface area contributed by atoms with Crippen LogP contribution in [0.4, 0.5) is 0 Å². The maximum atomic E-state index is 12.8. The minimum absolute atomic E-state index is 0.230. The lowest BCUT2D eigenvalue weighted by molar-refractivity contribution is 0.0938. The molecule has 3 aromatic rings. The summed E-state index contributed by atoms with van der Waals surface area (Å²) < 4.78 is 5.61. The monoisotopic (exact) mass is 361 g/mol. The number of carbonyl (C=O) groups is 1. The molecule has 2 aromatic carbocycles. The van der Waals surface area contributed by atoms with Crippen molar-refractivity contribution in [2.45, 2.75) is 24.8 Å². The summed E-state index contributed by atoms with van der Waals surface area (Å²) >= 11 is 0. The molecule has 0 aliphatic carbocycles. The van der Waals surface area contributed by atoms with Gasteiger partial charge in [-0.3, -0.25) is 4.79 Å². The lowest BCUT2D eigenvalue weighted by Gasteiger charge is -2.20. The average Bonchev–Trinajstić information content (AvgIpc) is 3.24. The van der Waals surface area contributed by atoms with Crippen LogP contribution in [0.15, 0.2) is 71.3 Å². The van der Waals surface area contributed by atoms with Crippen molar-refractivity contribution in [1.29, 1.82) is 0 Å². The van der Waals surface area contributed by atoms with E-state index in [1.54, 1.807) is 0 Å². The molecule has 1 unspecified atom stereocenters. The molecule has 0 bridgehead atoms. The Bertz CT molecular complexity index is 831. The molecule has 5 heteroatoms. The van der Waals surface area contributed by atoms with Gasteiger partial charge < -0.3 is 15.1 Å². The lowest BCUT2D eigenvalue weighted by Crippen LogP contribution is -2.30. The molecule has 0 spiro atoms. The molecule has 4 rings (SSSR count). The second-order valence-corrected chi connectivity index (χ2v) is 6.84. The van der Waals surface area contributed by atoms with Gasteiger partial charge >= 0.3 is 0 Å². The summed E-state index contributed by atoms with van der Waals surface area (Å²) in [4.78, 5) is 17.3. The van der Waals surface area contributed by atoms with Crippen LogP contribution in [0.3, 0.4) is 0 Å². The van der Waals surface area contributed by atoms with E-state index in [9.17, 15) is 4.79 Å². The van der Waals surface area contributed by atoms with Gasteiger partial charge in [0.15, 0.2) is 11.6 Å². The number of nitrogens with zero attached hydrogens (tertiary/aromatic N) is 1. The van der Waals surface area contributed by atoms with Gasteiger partial charge in [0.2, 0.25) is 0 Å². The van der Waals surface area contributed by atoms with Gasteiger partial charge in [-0.15, -0.1) is 0 Å². The topological polar surface area (TPSA) is 67.2 Å². The molecule has 1 aliphatic rings. The highest BCUT2D eigenvalue weighted by Crippen LogP contribution is 2.24. The van der Waals surface area contributed by atoms with Gasteiger partial charge in [0, 0.05) is 12.5 Å². The Kier molecular flexibility index (Phi) is 5.30. The number of carbonyl (C=O) groups excluding carboxylic acids is 1. The quantitative estimate of drug-likeness (QED) is 0.728. The Morgan fingerprint density at radius 1 is 1.07 bits per heavy atom. The summed E-state index contributed by atoms with van der Waals surface area (Å²) in [6, 6.07) is 19.6. The van der Waals surface area contributed by atoms with E-state index in [0.29, 0.717) is 11.6 Å². The van der Waals surface area contributed by atoms with Gasteiger partial charge in [-0.25, -0.2) is 4.98 Å². The van der Waals surface area contributed by atoms with Crippen LogP contribution in [0.1, 0.15) is 52.3 Å². The van der Waals surface area contributed by atoms with Gasteiger partial charge in [-0.1, -0.05) is 60.7 Å². The van der Waals surface area contributed by atoms with Crippen LogP contribution in [0.2, 0.25) is 0 Å². The first-order valence-corrected chi connectivity index (χ1v) is 9.38. The molecule has 0 saturated carbocycles. The zero-order chi connectivity index (χ0) is 18.5. The third kappa shape index (κ3) is 4.09. The van der Waals surface area contributed by atoms with Gasteiger partial charge in [-0.05, 0) is 30.5 Å². The molecule has 0 radical (unpaired) electrons. The first kappa shape index (κ1) is 17.5. The second kappa shape index (κ2) is 8.18. The van der Waals surface area contributed by atoms with E-state index in [1.165, 1.54) is 6.26 Å². The van der Waals surface area contributed by atoms with E-state index in [2.05, 4.69) is 15.6 Å². The summed E-state index contributed by atoms with van der Waals surface area (Å²) in [5.41, 5.74) is 2.38. The van der Waals surface area contributed by atoms with Crippen LogP contribution in [-0.2, 0) is 0 Å². The Morgan fingerprint density at radius 3 is 2.33 bits per heavy atom. The lowest BCUT2D eigenvalue weighted by atomic mass is 9.98. The van der Waals surface area contributed by atoms with Gasteiger partial charge in [-0.2, -0.15) is 0 Å². The summed E-state index contributed by atoms with van der Waals surface area (Å²) in [5, 5.41) is 6.45. The molecule has 27 heavy (non-hydrogen) atoms. The third-order valence-corrected chi connectivity index (χ3v) is 4.94. The minimum Gasteiger partial charge on any atom is -0.448 e. The number of piperidine rings is 1. The minimum atomic E-state index is -0.239. The first-order chi connectivity index (χ1) is 13.3. The number of benzene rings is 2. The highest BCUT2D eigenvalue weighted by Gasteiger charge is 2.24. The number of hydrogen-bond donors (Lipinski definition) is 2. The summed E-state index contributed by atoms with van der Waals surface area (Å²) in [6.07, 6.45) is 3.59. The summed E-state index contributed by atoms with van der Waals surface area (Å²) in [7, 11) is 0. The zero-order valence-corrected chi connectivity index (χ0v) is 15.1. The molecule has 2 N–H and O–H groups in total. The Morgan fingerprint density at radius 2 is 1.74 bits per heavy atom. The van der Waals surface area contributed by atoms with Crippen molar-refractivity contribution in [1.82, 2.24) is 15.6 Å². The van der Waals surface area contributed by atoms with Gasteiger partial charge in [0.05, 0.1) is 6.04 Å². The van der Waals surface area contributed by atoms with Gasteiger partial charge in [0.1, 0.15) is 6.26 Å². The Labute approximate surface area is 158 Å². The number of hydrogen-bond acceptors (Lipinski definition) is 4. The standard InChI is InChI=1S/C22H23N3O2/c26-21(19-15-27-22(24-19)18-12-7-13-23-14-18)25-20(16-8-3-1-4-9-16)17-10-5-2-6-11-17/h1-6,8-11,15,18,20,23H,7,12-14H2,(H,25,26). The number of amides is 1. The van der Waals surface area contributed by atoms with Crippen molar-refractivity contribution < 1.29 is 9.21 Å². The molecule has 138 valence electrons. The zero-order valence-electron chi connectivity index (χ0n) is 15.1. The fourth-order valence-corrected chi connectivity index (χ4v) is 3.50. The molecule has 2 heterocycles. The van der Waals surface area contributed by atoms with E-state index >= 15 is 0 Å². The highest BCUT2D eigenvalue weighted by atomic mass is 16.3. The molecule has 1 amide bonds. The van der Waals surface area contributed by atoms with Crippen molar-refractivity contribution in [2.75, 3.05) is 13.1 Å². The fraction of sp³-hybridized carbons (Fsp3) is 0.273. The average molecular weight is 361 g/mol. The number of oxazole rings is 1. The van der Waals surface area contributed by atoms with Crippen molar-refractivity contribution >= 4 is 5.91 Å². The number of rotatable bonds is 5. The predicted octanol–water partition coefficient (Wildman–Crippen LogP) is 3.66. The third-order valence-electron chi connectivity index (χ3n) is 4.94. The van der Waals surface area contributed by atoms with Crippen molar-refractivity contribution in [2.24, 2.45) is 0 Å². The van der Waals surface area contributed by atoms with Crippen molar-refractivity contribution in [3.8, 4) is 0 Å². The van der Waals surface area contributed by atoms with Crippen LogP contribution in [0.25, 0.3) is 0 Å². The maximum absolute atomic E-state index is 12.8. The molecular formula is C22H23N3O2. The molecular weight excluding hydrogens is 338 g/mol. The number of aromatic nitrogens is 1. The van der Waals surface area contributed by atoms with Crippen LogP contribution in [0, 0.1) is 0 Å².